The molecule has 14 heterocycles. The number of nitrogens with zero attached hydrogens (tertiary/aromatic N) is 5. The Morgan fingerprint density at radius 2 is 0.786 bits per heavy atom. The molecule has 0 spiro atoms. The maximum absolute atomic E-state index is 13.3. The van der Waals surface area contributed by atoms with E-state index in [0.29, 0.717) is 66.6 Å². The van der Waals surface area contributed by atoms with Crippen molar-refractivity contribution in [2.24, 2.45) is 0 Å². The molecule has 9 aromatic carbocycles. The Hall–Kier alpha value is -11.5. The molecule has 4 aromatic heterocycles. The minimum absolute atomic E-state index is 0. The Kier molecular flexibility index (Phi) is 24.3. The van der Waals surface area contributed by atoms with Gasteiger partial charge >= 0.3 is 0 Å². The number of Topliss-reactive ketones (excluding diaryl/α,β-unsaturated/α-hetero) is 1. The molecule has 31 heteroatoms. The van der Waals surface area contributed by atoms with Gasteiger partial charge in [0.15, 0.2) is 51.8 Å². The molecule has 2 fully saturated rings. The van der Waals surface area contributed by atoms with Crippen LogP contribution < -0.4 is 43.2 Å². The number of aromatic amines is 4. The zero-order valence-electron chi connectivity index (χ0n) is 67.0. The second-order valence-electron chi connectivity index (χ2n) is 31.8. The first-order chi connectivity index (χ1) is 60.0. The lowest BCUT2D eigenvalue weighted by Crippen LogP contribution is -2.62. The molecule has 10 aliphatic rings. The van der Waals surface area contributed by atoms with Crippen LogP contribution in [0.2, 0.25) is 0 Å². The van der Waals surface area contributed by atoms with E-state index in [-0.39, 0.29) is 101 Å². The van der Waals surface area contributed by atoms with Crippen molar-refractivity contribution in [2.75, 3.05) is 66.1 Å². The number of alkyl halides is 2. The molecule has 23 rings (SSSR count). The van der Waals surface area contributed by atoms with Crippen LogP contribution in [-0.4, -0.2) is 175 Å². The molecule has 10 aliphatic heterocycles. The average Bonchev–Trinajstić information content (AvgIpc) is 1.55. The van der Waals surface area contributed by atoms with E-state index >= 15 is 0 Å². The standard InChI is InChI=1S/C28H23N3O4.C22H18BrClN2O4.C22H18BrN3O4.C19H17BrN2O2.C2H2Cl2O.2CH4/c1-30-14-25(32)31-22(28(30)33)13-20-19-9-7-17(16-5-3-2-4-6-16)11-21(19)29-26(20)27(31)18-8-10-23-24(12-18)35-15-34-23;1-11(27)17-8-15-14-4-3-13(23)7-16(14)25-21(15)22(26(17)20(28)9-24)12-2-5-18-19(6-12)30-10-29-18;1-25-9-19(27)26-16(22(25)28)8-14-13-4-3-12(23)7-15(13)24-20(14)21(26)11-2-5-17-18(6-11)30-10-29-17;1-10-6-14-13-4-3-12(20)8-15(13)22-19(14)18(21-10)11-2-5-16-17(7-11)24-9-23-16;3-1-2(4)5;;/h2-12,22,27,29H,13-15H2,1H3;2-7,17,22,25H,8-10H2,1H3;2-7,16,21,24H,8-10H2,1H3;2-5,7-8,10,18,21-22H,6,9H2,1H3;1H2;2*1H4/t22-,27-;17-,22-;16-,21-;10-,18+;;;/m1110.../s1. The predicted octanol–water partition coefficient (Wildman–Crippen LogP) is 17.7. The summed E-state index contributed by atoms with van der Waals surface area (Å²) in [6.45, 7) is 4.74. The third kappa shape index (κ3) is 15.9. The van der Waals surface area contributed by atoms with Crippen molar-refractivity contribution in [3.63, 3.8) is 0 Å². The largest absolute Gasteiger partial charge is 0.454 e. The second-order valence-corrected chi connectivity index (χ2v) is 35.5. The molecule has 0 saturated carbocycles. The maximum Gasteiger partial charge on any atom is 0.245 e. The van der Waals surface area contributed by atoms with Crippen LogP contribution in [0.3, 0.4) is 0 Å². The normalized spacial score (nSPS) is 20.3. The van der Waals surface area contributed by atoms with E-state index in [1.54, 1.807) is 28.8 Å². The fourth-order valence-corrected chi connectivity index (χ4v) is 20.0. The predicted molar refractivity (Wildman–Crippen MR) is 490 cm³/mol. The van der Waals surface area contributed by atoms with Crippen LogP contribution in [0.15, 0.2) is 189 Å². The fraction of sp³-hybridized carbons (Fsp3) is 0.274. The summed E-state index contributed by atoms with van der Waals surface area (Å²) in [6, 6.07) is 56.0. The Balaban J connectivity index is 0.000000117. The highest BCUT2D eigenvalue weighted by Gasteiger charge is 2.51. The Morgan fingerprint density at radius 1 is 0.421 bits per heavy atom. The maximum atomic E-state index is 13.3. The molecule has 0 radical (unpaired) electrons. The van der Waals surface area contributed by atoms with Crippen LogP contribution in [-0.2, 0) is 59.2 Å². The molecule has 0 aliphatic carbocycles. The lowest BCUT2D eigenvalue weighted by Gasteiger charge is -2.46. The first-order valence-electron chi connectivity index (χ1n) is 40.2. The summed E-state index contributed by atoms with van der Waals surface area (Å²) in [6.07, 6.45) is 2.44. The topological polar surface area (TPSA) is 285 Å². The van der Waals surface area contributed by atoms with E-state index in [4.69, 9.17) is 72.7 Å². The Bertz CT molecular complexity index is 6550. The van der Waals surface area contributed by atoms with Crippen LogP contribution in [0.4, 0.5) is 0 Å². The number of carbonyl (C=O) groups is 7. The summed E-state index contributed by atoms with van der Waals surface area (Å²) in [5.74, 6) is 4.77. The van der Waals surface area contributed by atoms with Gasteiger partial charge in [-0.1, -0.05) is 148 Å². The van der Waals surface area contributed by atoms with Gasteiger partial charge in [0.2, 0.25) is 62.0 Å². The molecule has 5 N–H and O–H groups in total. The molecule has 126 heavy (non-hydrogen) atoms. The highest BCUT2D eigenvalue weighted by molar-refractivity contribution is 9.11. The lowest BCUT2D eigenvalue weighted by molar-refractivity contribution is -0.157. The van der Waals surface area contributed by atoms with Gasteiger partial charge in [0, 0.05) is 119 Å². The fourth-order valence-electron chi connectivity index (χ4n) is 18.8. The number of hydrogen-bond acceptors (Lipinski definition) is 16. The van der Waals surface area contributed by atoms with Crippen molar-refractivity contribution in [3.8, 4) is 57.1 Å². The summed E-state index contributed by atoms with van der Waals surface area (Å²) in [4.78, 5) is 110. The van der Waals surface area contributed by atoms with Crippen molar-refractivity contribution in [2.45, 2.75) is 103 Å². The van der Waals surface area contributed by atoms with Gasteiger partial charge in [0.25, 0.3) is 0 Å². The third-order valence-electron chi connectivity index (χ3n) is 24.3. The van der Waals surface area contributed by atoms with Crippen LogP contribution in [0.5, 0.6) is 46.0 Å². The van der Waals surface area contributed by atoms with Gasteiger partial charge in [-0.15, -0.1) is 23.2 Å². The minimum Gasteiger partial charge on any atom is -0.454 e. The molecule has 5 amide bonds. The van der Waals surface area contributed by atoms with Crippen LogP contribution in [0, 0.1) is 0 Å². The van der Waals surface area contributed by atoms with E-state index < -0.39 is 41.5 Å². The highest BCUT2D eigenvalue weighted by atomic mass is 79.9. The first kappa shape index (κ1) is 86.6. The second kappa shape index (κ2) is 35.4. The zero-order chi connectivity index (χ0) is 85.8. The SMILES string of the molecule is C.C.CC(=O)[C@H]1Cc2c([nH]c3cc(Br)ccc23)[C@@H](c2ccc3c(c2)OCO3)N1C(=O)CCl.CN1CC(=O)N2[C@H](c3ccc4c(c3)OCO4)c3[nH]c4cc(-c5ccccc5)ccc4c3C[C@@H]2C1=O.CN1CC(=O)N2[C@H](c3ccc4c(c3)OCO4)c3[nH]c4cc(Br)ccc4c3C[C@@H]2C1=O.C[C@H]1Cc2c([nH]c3cc(Br)ccc23)[C@@H](c2ccc3c(c2)OCO3)N1.O=C(Cl)CCl. The number of aromatic nitrogens is 4. The number of rotatable bonds is 8. The number of halogens is 6. The van der Waals surface area contributed by atoms with Gasteiger partial charge < -0.3 is 87.6 Å². The van der Waals surface area contributed by atoms with E-state index in [1.807, 2.05) is 109 Å². The molecule has 25 nitrogen and oxygen atoms in total. The number of hydrogen-bond donors (Lipinski definition) is 5. The van der Waals surface area contributed by atoms with Gasteiger partial charge in [-0.3, -0.25) is 33.6 Å². The summed E-state index contributed by atoms with van der Waals surface area (Å²) >= 11 is 26.1. The van der Waals surface area contributed by atoms with Crippen LogP contribution in [0.25, 0.3) is 54.7 Å². The van der Waals surface area contributed by atoms with Crippen LogP contribution >= 0.6 is 82.6 Å². The highest BCUT2D eigenvalue weighted by Crippen LogP contribution is 2.51. The Labute approximate surface area is 764 Å². The van der Waals surface area contributed by atoms with E-state index in [2.05, 4.69) is 147 Å². The van der Waals surface area contributed by atoms with Crippen molar-refractivity contribution in [1.82, 2.24) is 49.8 Å². The smallest absolute Gasteiger partial charge is 0.245 e. The quantitative estimate of drug-likeness (QED) is 0.0698. The van der Waals surface area contributed by atoms with Gasteiger partial charge in [-0.2, -0.15) is 0 Å². The number of ketones is 1. The molecular weight excluding hydrogens is 1870 g/mol. The average molecular weight is 1950 g/mol. The number of carbonyl (C=O) groups excluding carboxylic acids is 7. The zero-order valence-corrected chi connectivity index (χ0v) is 74.0. The van der Waals surface area contributed by atoms with Crippen molar-refractivity contribution in [3.05, 3.63) is 257 Å². The number of fused-ring (bicyclic) bond motifs is 18. The summed E-state index contributed by atoms with van der Waals surface area (Å²) < 4.78 is 47.2. The molecular formula is C95H86Br3Cl3N10O15. The number of likely N-dealkylation sites (N-methyl/N-ethyl adjacent to an activating group) is 2. The van der Waals surface area contributed by atoms with E-state index in [1.165, 1.54) is 44.4 Å². The summed E-state index contributed by atoms with van der Waals surface area (Å²) in [7, 11) is 3.39. The summed E-state index contributed by atoms with van der Waals surface area (Å²) in [5, 5.41) is 7.72. The van der Waals surface area contributed by atoms with E-state index in [0.717, 1.165) is 126 Å². The molecule has 13 aromatic rings. The van der Waals surface area contributed by atoms with E-state index in [9.17, 15) is 33.6 Å². The Morgan fingerprint density at radius 3 is 1.21 bits per heavy atom. The number of piperazine rings is 2. The lowest BCUT2D eigenvalue weighted by atomic mass is 9.86. The van der Waals surface area contributed by atoms with Gasteiger partial charge in [-0.05, 0) is 178 Å². The third-order valence-corrected chi connectivity index (χ3v) is 26.6. The number of H-pyrrole nitrogens is 4. The monoisotopic (exact) mass is 1950 g/mol. The minimum atomic E-state index is -0.596. The number of nitrogens with one attached hydrogen (secondary N) is 5. The molecule has 0 bridgehead atoms. The summed E-state index contributed by atoms with van der Waals surface area (Å²) in [5.41, 5.74) is 18.8. The van der Waals surface area contributed by atoms with Crippen LogP contribution in [0.1, 0.15) is 120 Å². The van der Waals surface area contributed by atoms with Crippen molar-refractivity contribution >= 4 is 167 Å². The molecule has 2 saturated heterocycles. The number of benzene rings is 9. The number of ether oxygens (including phenoxy) is 8. The molecule has 0 unspecified atom stereocenters. The molecule has 648 valence electrons. The van der Waals surface area contributed by atoms with Gasteiger partial charge in [0.1, 0.15) is 18.0 Å². The van der Waals surface area contributed by atoms with Crippen molar-refractivity contribution < 1.29 is 71.5 Å². The van der Waals surface area contributed by atoms with Crippen molar-refractivity contribution in [1.29, 1.82) is 0 Å². The van der Waals surface area contributed by atoms with Gasteiger partial charge in [-0.25, -0.2) is 0 Å². The number of amides is 5. The van der Waals surface area contributed by atoms with Gasteiger partial charge in [0.05, 0.1) is 49.2 Å². The first-order valence-corrected chi connectivity index (χ1v) is 44.0. The molecule has 8 atom stereocenters.